The lowest BCUT2D eigenvalue weighted by Gasteiger charge is -2.32. The lowest BCUT2D eigenvalue weighted by molar-refractivity contribution is -0.126. The van der Waals surface area contributed by atoms with Crippen LogP contribution in [-0.4, -0.2) is 44.0 Å². The second kappa shape index (κ2) is 9.65. The van der Waals surface area contributed by atoms with Crippen LogP contribution in [0.2, 0.25) is 0 Å². The zero-order valence-electron chi connectivity index (χ0n) is 18.2. The van der Waals surface area contributed by atoms with E-state index in [1.165, 1.54) is 0 Å². The van der Waals surface area contributed by atoms with E-state index in [4.69, 9.17) is 9.47 Å². The standard InChI is InChI=1S/C24H30N2O4/c1-16-10-17(2)12-19(11-16)24(28)26-9-5-6-18(15-26)23(27)25-14-20-13-21(29-3)7-8-22(20)30-4/h7-8,10-13,18H,5-6,9,14-15H2,1-4H3,(H,25,27)/t18-/m0/s1. The first kappa shape index (κ1) is 21.7. The van der Waals surface area contributed by atoms with E-state index in [2.05, 4.69) is 11.4 Å². The van der Waals surface area contributed by atoms with Gasteiger partial charge in [-0.1, -0.05) is 17.2 Å². The second-order valence-corrected chi connectivity index (χ2v) is 7.86. The highest BCUT2D eigenvalue weighted by molar-refractivity contribution is 5.95. The highest BCUT2D eigenvalue weighted by Gasteiger charge is 2.29. The SMILES string of the molecule is COc1ccc(OC)c(CNC(=O)[C@H]2CCCN(C(=O)c3cc(C)cc(C)c3)C2)c1. The maximum Gasteiger partial charge on any atom is 0.253 e. The summed E-state index contributed by atoms with van der Waals surface area (Å²) < 4.78 is 10.6. The minimum absolute atomic E-state index is 0.00577. The molecule has 0 aliphatic carbocycles. The molecule has 0 saturated carbocycles. The van der Waals surface area contributed by atoms with Crippen LogP contribution in [0.3, 0.4) is 0 Å². The smallest absolute Gasteiger partial charge is 0.253 e. The second-order valence-electron chi connectivity index (χ2n) is 7.86. The van der Waals surface area contributed by atoms with Gasteiger partial charge in [0.2, 0.25) is 5.91 Å². The number of carbonyl (C=O) groups is 2. The Hall–Kier alpha value is -3.02. The Labute approximate surface area is 178 Å². The van der Waals surface area contributed by atoms with E-state index in [0.717, 1.165) is 29.5 Å². The van der Waals surface area contributed by atoms with Crippen molar-refractivity contribution in [1.29, 1.82) is 0 Å². The normalized spacial score (nSPS) is 16.1. The van der Waals surface area contributed by atoms with E-state index in [-0.39, 0.29) is 17.7 Å². The van der Waals surface area contributed by atoms with Crippen molar-refractivity contribution in [1.82, 2.24) is 10.2 Å². The summed E-state index contributed by atoms with van der Waals surface area (Å²) in [7, 11) is 3.21. The van der Waals surface area contributed by atoms with Gasteiger partial charge in [-0.2, -0.15) is 0 Å². The van der Waals surface area contributed by atoms with Crippen molar-refractivity contribution >= 4 is 11.8 Å². The van der Waals surface area contributed by atoms with Gasteiger partial charge < -0.3 is 19.7 Å². The number of amides is 2. The van der Waals surface area contributed by atoms with Crippen molar-refractivity contribution in [3.05, 3.63) is 58.7 Å². The van der Waals surface area contributed by atoms with E-state index in [1.54, 1.807) is 19.1 Å². The molecule has 2 aromatic carbocycles. The number of rotatable bonds is 6. The molecule has 2 amide bonds. The third-order valence-corrected chi connectivity index (χ3v) is 5.49. The van der Waals surface area contributed by atoms with Gasteiger partial charge in [-0.25, -0.2) is 0 Å². The van der Waals surface area contributed by atoms with E-state index in [9.17, 15) is 9.59 Å². The number of nitrogens with one attached hydrogen (secondary N) is 1. The molecule has 1 atom stereocenters. The van der Waals surface area contributed by atoms with Crippen LogP contribution in [0.4, 0.5) is 0 Å². The predicted molar refractivity (Wildman–Crippen MR) is 116 cm³/mol. The Morgan fingerprint density at radius 2 is 1.80 bits per heavy atom. The number of piperidine rings is 1. The van der Waals surface area contributed by atoms with Gasteiger partial charge in [0.1, 0.15) is 11.5 Å². The van der Waals surface area contributed by atoms with Gasteiger partial charge in [-0.05, 0) is 57.0 Å². The van der Waals surface area contributed by atoms with E-state index < -0.39 is 0 Å². The number of nitrogens with zero attached hydrogens (tertiary/aromatic N) is 1. The Kier molecular flexibility index (Phi) is 6.98. The summed E-state index contributed by atoms with van der Waals surface area (Å²) in [6.07, 6.45) is 1.59. The maximum absolute atomic E-state index is 13.0. The number of benzene rings is 2. The fourth-order valence-electron chi connectivity index (χ4n) is 4.00. The van der Waals surface area contributed by atoms with E-state index >= 15 is 0 Å². The lowest BCUT2D eigenvalue weighted by atomic mass is 9.96. The molecule has 30 heavy (non-hydrogen) atoms. The summed E-state index contributed by atoms with van der Waals surface area (Å²) in [5, 5.41) is 3.00. The van der Waals surface area contributed by atoms with Crippen molar-refractivity contribution < 1.29 is 19.1 Å². The summed E-state index contributed by atoms with van der Waals surface area (Å²) in [5.41, 5.74) is 3.67. The van der Waals surface area contributed by atoms with Gasteiger partial charge in [0.05, 0.1) is 20.1 Å². The summed E-state index contributed by atoms with van der Waals surface area (Å²) >= 11 is 0. The molecule has 160 valence electrons. The third-order valence-electron chi connectivity index (χ3n) is 5.49. The zero-order chi connectivity index (χ0) is 21.7. The molecule has 1 saturated heterocycles. The highest BCUT2D eigenvalue weighted by atomic mass is 16.5. The summed E-state index contributed by atoms with van der Waals surface area (Å²) in [5.74, 6) is 1.14. The molecule has 2 aromatic rings. The van der Waals surface area contributed by atoms with Crippen LogP contribution >= 0.6 is 0 Å². The first-order valence-corrected chi connectivity index (χ1v) is 10.3. The monoisotopic (exact) mass is 410 g/mol. The molecule has 0 aromatic heterocycles. The third kappa shape index (κ3) is 5.12. The Morgan fingerprint density at radius 1 is 1.07 bits per heavy atom. The topological polar surface area (TPSA) is 67.9 Å². The van der Waals surface area contributed by atoms with Gasteiger partial charge in [-0.3, -0.25) is 9.59 Å². The number of aryl methyl sites for hydroxylation is 2. The number of hydrogen-bond donors (Lipinski definition) is 1. The number of likely N-dealkylation sites (tertiary alicyclic amines) is 1. The number of ether oxygens (including phenoxy) is 2. The highest BCUT2D eigenvalue weighted by Crippen LogP contribution is 2.24. The predicted octanol–water partition coefficient (Wildman–Crippen LogP) is 3.49. The number of carbonyl (C=O) groups excluding carboxylic acids is 2. The Bertz CT molecular complexity index is 905. The fraction of sp³-hybridized carbons (Fsp3) is 0.417. The van der Waals surface area contributed by atoms with E-state index in [1.807, 2.05) is 44.2 Å². The van der Waals surface area contributed by atoms with Crippen molar-refractivity contribution in [2.75, 3.05) is 27.3 Å². The van der Waals surface area contributed by atoms with Crippen LogP contribution in [-0.2, 0) is 11.3 Å². The van der Waals surface area contributed by atoms with Crippen LogP contribution in [0.15, 0.2) is 36.4 Å². The van der Waals surface area contributed by atoms with Crippen molar-refractivity contribution in [2.24, 2.45) is 5.92 Å². The van der Waals surface area contributed by atoms with Gasteiger partial charge in [0.25, 0.3) is 5.91 Å². The molecule has 6 nitrogen and oxygen atoms in total. The quantitative estimate of drug-likeness (QED) is 0.792. The molecule has 1 fully saturated rings. The molecule has 6 heteroatoms. The minimum atomic E-state index is -0.217. The Morgan fingerprint density at radius 3 is 2.47 bits per heavy atom. The van der Waals surface area contributed by atoms with Gasteiger partial charge in [0.15, 0.2) is 0 Å². The number of methoxy groups -OCH3 is 2. The molecule has 0 bridgehead atoms. The molecule has 1 heterocycles. The molecule has 1 aliphatic rings. The van der Waals surface area contributed by atoms with Gasteiger partial charge >= 0.3 is 0 Å². The largest absolute Gasteiger partial charge is 0.497 e. The van der Waals surface area contributed by atoms with Crippen LogP contribution in [0.25, 0.3) is 0 Å². The van der Waals surface area contributed by atoms with Crippen molar-refractivity contribution in [3.63, 3.8) is 0 Å². The van der Waals surface area contributed by atoms with Crippen molar-refractivity contribution in [3.8, 4) is 11.5 Å². The average Bonchev–Trinajstić information content (AvgIpc) is 2.76. The Balaban J connectivity index is 1.64. The van der Waals surface area contributed by atoms with Crippen LogP contribution in [0.5, 0.6) is 11.5 Å². The molecule has 0 spiro atoms. The molecular weight excluding hydrogens is 380 g/mol. The molecule has 3 rings (SSSR count). The molecule has 1 aliphatic heterocycles. The van der Waals surface area contributed by atoms with Crippen molar-refractivity contribution in [2.45, 2.75) is 33.2 Å². The molecule has 0 radical (unpaired) electrons. The van der Waals surface area contributed by atoms with Crippen LogP contribution in [0.1, 0.15) is 39.9 Å². The van der Waals surface area contributed by atoms with Crippen LogP contribution < -0.4 is 14.8 Å². The summed E-state index contributed by atoms with van der Waals surface area (Å²) in [6, 6.07) is 11.4. The first-order valence-electron chi connectivity index (χ1n) is 10.3. The zero-order valence-corrected chi connectivity index (χ0v) is 18.2. The first-order chi connectivity index (χ1) is 14.4. The van der Waals surface area contributed by atoms with Gasteiger partial charge in [0, 0.05) is 30.8 Å². The summed E-state index contributed by atoms with van der Waals surface area (Å²) in [4.78, 5) is 27.6. The van der Waals surface area contributed by atoms with Crippen LogP contribution in [0, 0.1) is 19.8 Å². The summed E-state index contributed by atoms with van der Waals surface area (Å²) in [6.45, 7) is 5.44. The maximum atomic E-state index is 13.0. The lowest BCUT2D eigenvalue weighted by Crippen LogP contribution is -2.45. The average molecular weight is 411 g/mol. The van der Waals surface area contributed by atoms with E-state index in [0.29, 0.717) is 36.7 Å². The molecular formula is C24H30N2O4. The number of hydrogen-bond acceptors (Lipinski definition) is 4. The molecule has 0 unspecified atom stereocenters. The fourth-order valence-corrected chi connectivity index (χ4v) is 4.00. The van der Waals surface area contributed by atoms with Gasteiger partial charge in [-0.15, -0.1) is 0 Å². The molecule has 1 N–H and O–H groups in total. The minimum Gasteiger partial charge on any atom is -0.497 e.